The predicted octanol–water partition coefficient (Wildman–Crippen LogP) is 4.48. The Morgan fingerprint density at radius 3 is 2.36 bits per heavy atom. The minimum atomic E-state index is 0.0786. The number of hydrogen-bond acceptors (Lipinski definition) is 4. The molecule has 6 nitrogen and oxygen atoms in total. The van der Waals surface area contributed by atoms with Crippen molar-refractivity contribution in [2.45, 2.75) is 39.0 Å². The fraction of sp³-hybridized carbons (Fsp3) is 0.433. The minimum Gasteiger partial charge on any atom is -0.339 e. The molecule has 0 radical (unpaired) electrons. The second-order valence-electron chi connectivity index (χ2n) is 10.4. The lowest BCUT2D eigenvalue weighted by molar-refractivity contribution is -0.127. The van der Waals surface area contributed by atoms with Gasteiger partial charge in [0.05, 0.1) is 6.20 Å². The van der Waals surface area contributed by atoms with Crippen molar-refractivity contribution in [1.82, 2.24) is 19.6 Å². The smallest absolute Gasteiger partial charge is 0.253 e. The van der Waals surface area contributed by atoms with E-state index in [1.165, 1.54) is 11.1 Å². The van der Waals surface area contributed by atoms with Crippen LogP contribution in [0.15, 0.2) is 54.9 Å². The number of Topliss-reactive ketones (excluding diaryl/α,β-unsaturated/α-hetero) is 1. The Morgan fingerprint density at radius 2 is 1.72 bits per heavy atom. The van der Waals surface area contributed by atoms with Crippen molar-refractivity contribution in [3.63, 3.8) is 0 Å². The van der Waals surface area contributed by atoms with Gasteiger partial charge < -0.3 is 9.80 Å². The molecule has 0 aliphatic carbocycles. The van der Waals surface area contributed by atoms with Crippen LogP contribution in [0.5, 0.6) is 0 Å². The Hall–Kier alpha value is -3.25. The number of aryl methyl sites for hydroxylation is 2. The monoisotopic (exact) mass is 484 g/mol. The van der Waals surface area contributed by atoms with E-state index in [0.29, 0.717) is 23.7 Å². The maximum absolute atomic E-state index is 13.3. The highest BCUT2D eigenvalue weighted by molar-refractivity contribution is 5.95. The van der Waals surface area contributed by atoms with E-state index >= 15 is 0 Å². The van der Waals surface area contributed by atoms with E-state index in [1.54, 1.807) is 0 Å². The molecule has 0 N–H and O–H groups in total. The van der Waals surface area contributed by atoms with Crippen LogP contribution in [0.1, 0.15) is 52.7 Å². The van der Waals surface area contributed by atoms with Crippen molar-refractivity contribution in [2.24, 2.45) is 13.0 Å². The zero-order chi connectivity index (χ0) is 25.2. The molecule has 36 heavy (non-hydrogen) atoms. The van der Waals surface area contributed by atoms with Crippen LogP contribution in [0.25, 0.3) is 11.1 Å². The summed E-state index contributed by atoms with van der Waals surface area (Å²) in [5.41, 5.74) is 6.41. The van der Waals surface area contributed by atoms with Gasteiger partial charge in [0.1, 0.15) is 5.78 Å². The number of carbonyl (C=O) groups is 2. The average molecular weight is 485 g/mol. The minimum absolute atomic E-state index is 0.0786. The SMILES string of the molecule is CCN1CC(C(=O)Cc2cc(C(=O)N3CCC(c4ccc(-c5cnn(C)c5)cc4)CC3)ccc2C)C1. The van der Waals surface area contributed by atoms with Crippen molar-refractivity contribution in [1.29, 1.82) is 0 Å². The number of rotatable bonds is 7. The van der Waals surface area contributed by atoms with Crippen LogP contribution in [0.4, 0.5) is 0 Å². The van der Waals surface area contributed by atoms with Gasteiger partial charge in [0, 0.05) is 62.9 Å². The summed E-state index contributed by atoms with van der Waals surface area (Å²) in [5.74, 6) is 0.979. The fourth-order valence-corrected chi connectivity index (χ4v) is 5.48. The fourth-order valence-electron chi connectivity index (χ4n) is 5.48. The molecule has 5 rings (SSSR count). The van der Waals surface area contributed by atoms with Gasteiger partial charge in [0.2, 0.25) is 0 Å². The summed E-state index contributed by atoms with van der Waals surface area (Å²) < 4.78 is 1.82. The van der Waals surface area contributed by atoms with Gasteiger partial charge in [-0.3, -0.25) is 14.3 Å². The molecule has 0 atom stereocenters. The third-order valence-electron chi connectivity index (χ3n) is 8.02. The number of aromatic nitrogens is 2. The summed E-state index contributed by atoms with van der Waals surface area (Å²) in [6.45, 7) is 8.40. The van der Waals surface area contributed by atoms with E-state index in [-0.39, 0.29) is 11.8 Å². The van der Waals surface area contributed by atoms with E-state index < -0.39 is 0 Å². The molecule has 0 saturated carbocycles. The molecule has 2 aliphatic heterocycles. The molecule has 0 unspecified atom stereocenters. The van der Waals surface area contributed by atoms with Crippen LogP contribution >= 0.6 is 0 Å². The van der Waals surface area contributed by atoms with E-state index in [4.69, 9.17) is 0 Å². The first-order valence-electron chi connectivity index (χ1n) is 13.1. The Bertz CT molecular complexity index is 1230. The predicted molar refractivity (Wildman–Crippen MR) is 142 cm³/mol. The van der Waals surface area contributed by atoms with Crippen LogP contribution in [0.2, 0.25) is 0 Å². The number of likely N-dealkylation sites (tertiary alicyclic amines) is 2. The van der Waals surface area contributed by atoms with Crippen LogP contribution in [0.3, 0.4) is 0 Å². The number of amides is 1. The molecule has 2 saturated heterocycles. The molecule has 1 amide bonds. The third-order valence-corrected chi connectivity index (χ3v) is 8.02. The van der Waals surface area contributed by atoms with E-state index in [0.717, 1.165) is 62.3 Å². The first-order valence-corrected chi connectivity index (χ1v) is 13.1. The van der Waals surface area contributed by atoms with Gasteiger partial charge in [-0.05, 0) is 66.6 Å². The largest absolute Gasteiger partial charge is 0.339 e. The van der Waals surface area contributed by atoms with Crippen molar-refractivity contribution in [3.05, 3.63) is 77.1 Å². The van der Waals surface area contributed by atoms with Crippen LogP contribution < -0.4 is 0 Å². The third kappa shape index (κ3) is 5.14. The van der Waals surface area contributed by atoms with Gasteiger partial charge in [-0.15, -0.1) is 0 Å². The highest BCUT2D eigenvalue weighted by Gasteiger charge is 2.31. The normalized spacial score (nSPS) is 17.2. The molecule has 1 aromatic heterocycles. The number of nitrogens with zero attached hydrogens (tertiary/aromatic N) is 4. The standard InChI is InChI=1S/C30H36N4O2/c1-4-33-19-28(20-33)29(35)16-26-15-25(6-5-21(26)2)30(36)34-13-11-24(12-14-34)22-7-9-23(10-8-22)27-17-31-32(3)18-27/h5-10,15,17-18,24,28H,4,11-14,16,19-20H2,1-3H3. The van der Waals surface area contributed by atoms with E-state index in [1.807, 2.05) is 54.1 Å². The highest BCUT2D eigenvalue weighted by atomic mass is 16.2. The van der Waals surface area contributed by atoms with Crippen LogP contribution in [-0.4, -0.2) is 64.0 Å². The number of benzene rings is 2. The average Bonchev–Trinajstić information content (AvgIpc) is 3.31. The second kappa shape index (κ2) is 10.4. The van der Waals surface area contributed by atoms with Crippen LogP contribution in [0, 0.1) is 12.8 Å². The molecule has 2 aromatic carbocycles. The maximum atomic E-state index is 13.3. The summed E-state index contributed by atoms with van der Waals surface area (Å²) in [5, 5.41) is 4.26. The summed E-state index contributed by atoms with van der Waals surface area (Å²) in [6.07, 6.45) is 6.26. The molecular weight excluding hydrogens is 448 g/mol. The number of carbonyl (C=O) groups excluding carboxylic acids is 2. The van der Waals surface area contributed by atoms with Gasteiger partial charge in [0.25, 0.3) is 5.91 Å². The molecule has 3 aromatic rings. The number of hydrogen-bond donors (Lipinski definition) is 0. The molecule has 2 aliphatic rings. The van der Waals surface area contributed by atoms with Crippen molar-refractivity contribution < 1.29 is 9.59 Å². The Labute approximate surface area is 213 Å². The summed E-state index contributed by atoms with van der Waals surface area (Å²) in [6, 6.07) is 14.6. The Kier molecular flexibility index (Phi) is 7.06. The summed E-state index contributed by atoms with van der Waals surface area (Å²) >= 11 is 0. The van der Waals surface area contributed by atoms with Crippen molar-refractivity contribution >= 4 is 11.7 Å². The first-order chi connectivity index (χ1) is 17.4. The van der Waals surface area contributed by atoms with Gasteiger partial charge in [-0.1, -0.05) is 37.3 Å². The lowest BCUT2D eigenvalue weighted by atomic mass is 9.88. The first kappa shape index (κ1) is 24.4. The number of piperidine rings is 1. The number of ketones is 1. The van der Waals surface area contributed by atoms with Gasteiger partial charge in [-0.25, -0.2) is 0 Å². The highest BCUT2D eigenvalue weighted by Crippen LogP contribution is 2.31. The maximum Gasteiger partial charge on any atom is 0.253 e. The molecule has 0 spiro atoms. The lowest BCUT2D eigenvalue weighted by Gasteiger charge is -2.37. The zero-order valence-corrected chi connectivity index (χ0v) is 21.6. The van der Waals surface area contributed by atoms with E-state index in [9.17, 15) is 9.59 Å². The van der Waals surface area contributed by atoms with Crippen molar-refractivity contribution in [3.8, 4) is 11.1 Å². The molecule has 0 bridgehead atoms. The topological polar surface area (TPSA) is 58.4 Å². The molecule has 3 heterocycles. The second-order valence-corrected chi connectivity index (χ2v) is 10.4. The van der Waals surface area contributed by atoms with E-state index in [2.05, 4.69) is 41.2 Å². The van der Waals surface area contributed by atoms with Gasteiger partial charge in [-0.2, -0.15) is 5.10 Å². The molecule has 188 valence electrons. The lowest BCUT2D eigenvalue weighted by Crippen LogP contribution is -2.50. The summed E-state index contributed by atoms with van der Waals surface area (Å²) in [4.78, 5) is 30.3. The Balaban J connectivity index is 1.18. The molecule has 2 fully saturated rings. The summed E-state index contributed by atoms with van der Waals surface area (Å²) in [7, 11) is 1.93. The molecular formula is C30H36N4O2. The quantitative estimate of drug-likeness (QED) is 0.496. The van der Waals surface area contributed by atoms with Crippen LogP contribution in [-0.2, 0) is 18.3 Å². The zero-order valence-electron chi connectivity index (χ0n) is 21.6. The van der Waals surface area contributed by atoms with Gasteiger partial charge >= 0.3 is 0 Å². The van der Waals surface area contributed by atoms with Gasteiger partial charge in [0.15, 0.2) is 0 Å². The molecule has 6 heteroatoms. The Morgan fingerprint density at radius 1 is 1.00 bits per heavy atom. The van der Waals surface area contributed by atoms with Crippen molar-refractivity contribution in [2.75, 3.05) is 32.7 Å².